The average Bonchev–Trinajstić information content (AvgIpc) is 1.83. The van der Waals surface area contributed by atoms with Crippen molar-refractivity contribution in [3.05, 3.63) is 0 Å². The highest BCUT2D eigenvalue weighted by atomic mass is 32.2. The molecule has 56 valence electrons. The van der Waals surface area contributed by atoms with E-state index in [9.17, 15) is 8.78 Å². The summed E-state index contributed by atoms with van der Waals surface area (Å²) >= 11 is 0.321. The molecular weight excluding hydrogens is 150 g/mol. The van der Waals surface area contributed by atoms with Crippen molar-refractivity contribution in [3.63, 3.8) is 0 Å². The highest BCUT2D eigenvalue weighted by Crippen LogP contribution is 2.13. The van der Waals surface area contributed by atoms with Crippen LogP contribution in [0.15, 0.2) is 0 Å². The van der Waals surface area contributed by atoms with Gasteiger partial charge in [-0.25, -0.2) is 0 Å². The van der Waals surface area contributed by atoms with Gasteiger partial charge in [-0.3, -0.25) is 0 Å². The molecule has 0 radical (unpaired) electrons. The SMILES string of the molecule is OCC(O)CSC(F)F. The van der Waals surface area contributed by atoms with Crippen molar-refractivity contribution in [2.24, 2.45) is 0 Å². The maximum Gasteiger partial charge on any atom is 0.284 e. The van der Waals surface area contributed by atoms with Crippen molar-refractivity contribution in [2.75, 3.05) is 12.4 Å². The number of hydrogen-bond acceptors (Lipinski definition) is 3. The Morgan fingerprint density at radius 3 is 2.33 bits per heavy atom. The van der Waals surface area contributed by atoms with E-state index in [1.165, 1.54) is 0 Å². The molecule has 0 aromatic carbocycles. The molecule has 1 unspecified atom stereocenters. The fourth-order valence-electron chi connectivity index (χ4n) is 0.237. The third-order valence-electron chi connectivity index (χ3n) is 0.625. The normalized spacial score (nSPS) is 14.3. The van der Waals surface area contributed by atoms with E-state index in [1.807, 2.05) is 0 Å². The second kappa shape index (κ2) is 4.96. The van der Waals surface area contributed by atoms with Crippen LogP contribution in [-0.2, 0) is 0 Å². The van der Waals surface area contributed by atoms with Gasteiger partial charge in [0, 0.05) is 5.75 Å². The fourth-order valence-corrected chi connectivity index (χ4v) is 0.710. The minimum Gasteiger partial charge on any atom is -0.394 e. The minimum absolute atomic E-state index is 0.117. The first-order chi connectivity index (χ1) is 4.16. The Bertz CT molecular complexity index is 71.6. The van der Waals surface area contributed by atoms with Crippen LogP contribution in [0.25, 0.3) is 0 Å². The quantitative estimate of drug-likeness (QED) is 0.618. The van der Waals surface area contributed by atoms with Crippen LogP contribution in [-0.4, -0.2) is 34.4 Å². The number of alkyl halides is 2. The molecule has 2 nitrogen and oxygen atoms in total. The molecule has 0 aliphatic heterocycles. The first kappa shape index (κ1) is 9.13. The second-order valence-electron chi connectivity index (χ2n) is 1.43. The van der Waals surface area contributed by atoms with Gasteiger partial charge in [0.2, 0.25) is 0 Å². The van der Waals surface area contributed by atoms with Crippen LogP contribution >= 0.6 is 11.8 Å². The van der Waals surface area contributed by atoms with Gasteiger partial charge in [-0.2, -0.15) is 8.78 Å². The molecule has 0 amide bonds. The summed E-state index contributed by atoms with van der Waals surface area (Å²) in [6, 6.07) is 0. The molecule has 0 heterocycles. The monoisotopic (exact) mass is 158 g/mol. The Morgan fingerprint density at radius 2 is 2.00 bits per heavy atom. The first-order valence-corrected chi connectivity index (χ1v) is 3.40. The Morgan fingerprint density at radius 1 is 1.44 bits per heavy atom. The lowest BCUT2D eigenvalue weighted by molar-refractivity contribution is 0.112. The molecule has 0 aromatic rings. The zero-order chi connectivity index (χ0) is 7.28. The molecule has 1 atom stereocenters. The van der Waals surface area contributed by atoms with Crippen molar-refractivity contribution in [1.82, 2.24) is 0 Å². The number of rotatable bonds is 4. The van der Waals surface area contributed by atoms with Crippen LogP contribution in [0.5, 0.6) is 0 Å². The van der Waals surface area contributed by atoms with E-state index >= 15 is 0 Å². The summed E-state index contributed by atoms with van der Waals surface area (Å²) in [6.45, 7) is -0.459. The van der Waals surface area contributed by atoms with Gasteiger partial charge in [0.05, 0.1) is 12.7 Å². The van der Waals surface area contributed by atoms with E-state index < -0.39 is 18.5 Å². The van der Waals surface area contributed by atoms with Gasteiger partial charge in [-0.1, -0.05) is 11.8 Å². The van der Waals surface area contributed by atoms with E-state index in [2.05, 4.69) is 0 Å². The van der Waals surface area contributed by atoms with Crippen molar-refractivity contribution in [2.45, 2.75) is 11.9 Å². The number of thioether (sulfide) groups is 1. The van der Waals surface area contributed by atoms with Crippen LogP contribution < -0.4 is 0 Å². The predicted molar refractivity (Wildman–Crippen MR) is 31.6 cm³/mol. The van der Waals surface area contributed by atoms with Crippen molar-refractivity contribution in [3.8, 4) is 0 Å². The minimum atomic E-state index is -2.47. The number of aliphatic hydroxyl groups excluding tert-OH is 2. The smallest absolute Gasteiger partial charge is 0.284 e. The summed E-state index contributed by atoms with van der Waals surface area (Å²) in [5.41, 5.74) is 0. The van der Waals surface area contributed by atoms with Gasteiger partial charge in [-0.05, 0) is 0 Å². The molecule has 5 heteroatoms. The zero-order valence-corrected chi connectivity index (χ0v) is 5.44. The summed E-state index contributed by atoms with van der Waals surface area (Å²) in [7, 11) is 0. The Labute approximate surface area is 55.9 Å². The van der Waals surface area contributed by atoms with Crippen LogP contribution in [0.1, 0.15) is 0 Å². The van der Waals surface area contributed by atoms with Gasteiger partial charge >= 0.3 is 0 Å². The van der Waals surface area contributed by atoms with Crippen LogP contribution in [0.2, 0.25) is 0 Å². The molecule has 0 saturated heterocycles. The van der Waals surface area contributed by atoms with Crippen molar-refractivity contribution in [1.29, 1.82) is 0 Å². The number of aliphatic hydroxyl groups is 2. The molecule has 0 aliphatic rings. The van der Waals surface area contributed by atoms with Crippen LogP contribution in [0.4, 0.5) is 8.78 Å². The van der Waals surface area contributed by atoms with Gasteiger partial charge in [0.15, 0.2) is 0 Å². The number of hydrogen-bond donors (Lipinski definition) is 2. The van der Waals surface area contributed by atoms with E-state index in [4.69, 9.17) is 10.2 Å². The molecule has 9 heavy (non-hydrogen) atoms. The van der Waals surface area contributed by atoms with Gasteiger partial charge in [0.25, 0.3) is 5.76 Å². The van der Waals surface area contributed by atoms with Crippen molar-refractivity contribution >= 4 is 11.8 Å². The molecule has 0 aliphatic carbocycles. The van der Waals surface area contributed by atoms with Crippen LogP contribution in [0, 0.1) is 0 Å². The molecular formula is C4H8F2O2S. The Balaban J connectivity index is 3.06. The molecule has 0 saturated carbocycles. The topological polar surface area (TPSA) is 40.5 Å². The standard InChI is InChI=1S/C4H8F2O2S/c5-4(6)9-2-3(8)1-7/h3-4,7-8H,1-2H2. The lowest BCUT2D eigenvalue weighted by atomic mass is 10.4. The summed E-state index contributed by atoms with van der Waals surface area (Å²) < 4.78 is 22.6. The maximum atomic E-state index is 11.3. The highest BCUT2D eigenvalue weighted by molar-refractivity contribution is 7.99. The third kappa shape index (κ3) is 6.01. The second-order valence-corrected chi connectivity index (χ2v) is 2.45. The summed E-state index contributed by atoms with van der Waals surface area (Å²) in [5, 5.41) is 16.6. The summed E-state index contributed by atoms with van der Waals surface area (Å²) in [4.78, 5) is 0. The molecule has 0 bridgehead atoms. The van der Waals surface area contributed by atoms with Gasteiger partial charge in [0.1, 0.15) is 0 Å². The Hall–Kier alpha value is 0.130. The lowest BCUT2D eigenvalue weighted by Crippen LogP contribution is -2.15. The molecule has 0 rings (SSSR count). The Kier molecular flexibility index (Phi) is 5.03. The lowest BCUT2D eigenvalue weighted by Gasteiger charge is -2.03. The molecule has 2 N–H and O–H groups in total. The highest BCUT2D eigenvalue weighted by Gasteiger charge is 2.07. The van der Waals surface area contributed by atoms with Gasteiger partial charge < -0.3 is 10.2 Å². The van der Waals surface area contributed by atoms with Crippen molar-refractivity contribution < 1.29 is 19.0 Å². The molecule has 0 spiro atoms. The van der Waals surface area contributed by atoms with E-state index in [0.717, 1.165) is 0 Å². The predicted octanol–water partition coefficient (Wildman–Crippen LogP) is 0.295. The van der Waals surface area contributed by atoms with Gasteiger partial charge in [-0.15, -0.1) is 0 Å². The zero-order valence-electron chi connectivity index (χ0n) is 4.63. The summed E-state index contributed by atoms with van der Waals surface area (Å²) in [6.07, 6.45) is -1.02. The number of halogens is 2. The molecule has 0 aromatic heterocycles. The average molecular weight is 158 g/mol. The third-order valence-corrected chi connectivity index (χ3v) is 1.45. The maximum absolute atomic E-state index is 11.3. The molecule has 0 fully saturated rings. The summed E-state index contributed by atoms with van der Waals surface area (Å²) in [5.74, 6) is -2.58. The van der Waals surface area contributed by atoms with Crippen LogP contribution in [0.3, 0.4) is 0 Å². The fraction of sp³-hybridized carbons (Fsp3) is 1.00. The van der Waals surface area contributed by atoms with E-state index in [0.29, 0.717) is 11.8 Å². The van der Waals surface area contributed by atoms with E-state index in [1.54, 1.807) is 0 Å². The van der Waals surface area contributed by atoms with E-state index in [-0.39, 0.29) is 5.75 Å². The first-order valence-electron chi connectivity index (χ1n) is 2.35. The largest absolute Gasteiger partial charge is 0.394 e.